The molecule has 1 aromatic carbocycles. The number of nitrogens with zero attached hydrogens (tertiary/aromatic N) is 1. The molecule has 0 aliphatic carbocycles. The number of ether oxygens (including phenoxy) is 1. The molecule has 4 N–H and O–H groups in total. The summed E-state index contributed by atoms with van der Waals surface area (Å²) in [5.41, 5.74) is 6.54. The third-order valence-corrected chi connectivity index (χ3v) is 3.11. The molecule has 6 heteroatoms. The predicted octanol–water partition coefficient (Wildman–Crippen LogP) is 0.394. The van der Waals surface area contributed by atoms with E-state index in [9.17, 15) is 9.50 Å². The highest BCUT2D eigenvalue weighted by Crippen LogP contribution is 2.23. The zero-order valence-electron chi connectivity index (χ0n) is 10.8. The van der Waals surface area contributed by atoms with Gasteiger partial charge < -0.3 is 25.8 Å². The lowest BCUT2D eigenvalue weighted by Gasteiger charge is -2.29. The Morgan fingerprint density at radius 3 is 2.79 bits per heavy atom. The van der Waals surface area contributed by atoms with E-state index >= 15 is 0 Å². The van der Waals surface area contributed by atoms with Crippen LogP contribution in [0.1, 0.15) is 0 Å². The molecule has 0 saturated carbocycles. The maximum absolute atomic E-state index is 14.0. The van der Waals surface area contributed by atoms with Gasteiger partial charge in [0.2, 0.25) is 0 Å². The molecule has 0 bridgehead atoms. The maximum atomic E-state index is 14.0. The van der Waals surface area contributed by atoms with Crippen molar-refractivity contribution in [2.75, 3.05) is 49.6 Å². The van der Waals surface area contributed by atoms with Gasteiger partial charge in [0.25, 0.3) is 0 Å². The Morgan fingerprint density at radius 2 is 2.16 bits per heavy atom. The van der Waals surface area contributed by atoms with Gasteiger partial charge in [0, 0.05) is 31.9 Å². The third-order valence-electron chi connectivity index (χ3n) is 3.11. The van der Waals surface area contributed by atoms with E-state index in [1.54, 1.807) is 12.1 Å². The van der Waals surface area contributed by atoms with Crippen molar-refractivity contribution in [1.82, 2.24) is 0 Å². The van der Waals surface area contributed by atoms with Crippen molar-refractivity contribution in [2.24, 2.45) is 5.73 Å². The Kier molecular flexibility index (Phi) is 4.95. The zero-order valence-corrected chi connectivity index (χ0v) is 10.8. The van der Waals surface area contributed by atoms with Gasteiger partial charge in [0.1, 0.15) is 5.82 Å². The average Bonchev–Trinajstić information content (AvgIpc) is 2.45. The monoisotopic (exact) mass is 269 g/mol. The quantitative estimate of drug-likeness (QED) is 0.721. The summed E-state index contributed by atoms with van der Waals surface area (Å²) in [5, 5.41) is 12.3. The van der Waals surface area contributed by atoms with Crippen molar-refractivity contribution in [2.45, 2.75) is 6.10 Å². The molecule has 2 rings (SSSR count). The number of nitrogens with one attached hydrogen (secondary N) is 1. The van der Waals surface area contributed by atoms with E-state index in [2.05, 4.69) is 5.32 Å². The first-order chi connectivity index (χ1) is 9.20. The van der Waals surface area contributed by atoms with Crippen LogP contribution in [-0.4, -0.2) is 50.6 Å². The van der Waals surface area contributed by atoms with Gasteiger partial charge >= 0.3 is 0 Å². The van der Waals surface area contributed by atoms with Gasteiger partial charge in [0.15, 0.2) is 0 Å². The van der Waals surface area contributed by atoms with Crippen LogP contribution < -0.4 is 16.0 Å². The van der Waals surface area contributed by atoms with Crippen molar-refractivity contribution >= 4 is 11.4 Å². The standard InChI is InChI=1S/C13H20FN3O2/c14-12-7-10(16-9-11(18)8-15)1-2-13(12)17-3-5-19-6-4-17/h1-2,7,11,16,18H,3-6,8-9,15H2/t11-/m1/s1. The number of aliphatic hydroxyl groups is 1. The summed E-state index contributed by atoms with van der Waals surface area (Å²) in [6.07, 6.45) is -0.623. The molecule has 1 saturated heterocycles. The van der Waals surface area contributed by atoms with Crippen LogP contribution in [0.4, 0.5) is 15.8 Å². The summed E-state index contributed by atoms with van der Waals surface area (Å²) in [5.74, 6) is -0.269. The average molecular weight is 269 g/mol. The Bertz CT molecular complexity index is 411. The molecule has 1 atom stereocenters. The van der Waals surface area contributed by atoms with Crippen LogP contribution in [-0.2, 0) is 4.74 Å². The largest absolute Gasteiger partial charge is 0.390 e. The fourth-order valence-electron chi connectivity index (χ4n) is 2.00. The molecule has 1 aliphatic heterocycles. The highest BCUT2D eigenvalue weighted by molar-refractivity contribution is 5.56. The zero-order chi connectivity index (χ0) is 13.7. The topological polar surface area (TPSA) is 70.8 Å². The molecule has 1 fully saturated rings. The number of anilines is 2. The Balaban J connectivity index is 2.00. The second-order valence-corrected chi connectivity index (χ2v) is 4.54. The van der Waals surface area contributed by atoms with Gasteiger partial charge in [-0.25, -0.2) is 4.39 Å². The molecule has 0 unspecified atom stereocenters. The van der Waals surface area contributed by atoms with Crippen molar-refractivity contribution in [1.29, 1.82) is 0 Å². The third kappa shape index (κ3) is 3.79. The molecule has 0 amide bonds. The number of halogens is 1. The van der Waals surface area contributed by atoms with Gasteiger partial charge in [-0.2, -0.15) is 0 Å². The summed E-state index contributed by atoms with van der Waals surface area (Å²) in [6, 6.07) is 4.99. The first-order valence-corrected chi connectivity index (χ1v) is 6.45. The molecule has 0 radical (unpaired) electrons. The Labute approximate surface area is 112 Å². The normalized spacial score (nSPS) is 17.3. The fraction of sp³-hybridized carbons (Fsp3) is 0.538. The van der Waals surface area contributed by atoms with E-state index in [-0.39, 0.29) is 12.4 Å². The second-order valence-electron chi connectivity index (χ2n) is 4.54. The van der Waals surface area contributed by atoms with Gasteiger partial charge in [-0.05, 0) is 18.2 Å². The number of rotatable bonds is 5. The molecule has 5 nitrogen and oxygen atoms in total. The van der Waals surface area contributed by atoms with Crippen LogP contribution in [0.3, 0.4) is 0 Å². The Hall–Kier alpha value is -1.37. The van der Waals surface area contributed by atoms with Crippen LogP contribution >= 0.6 is 0 Å². The van der Waals surface area contributed by atoms with E-state index in [0.717, 1.165) is 0 Å². The van der Waals surface area contributed by atoms with Gasteiger partial charge in [0.05, 0.1) is 25.0 Å². The van der Waals surface area contributed by atoms with Crippen LogP contribution in [0.25, 0.3) is 0 Å². The molecule has 1 aromatic rings. The molecule has 0 spiro atoms. The molecule has 19 heavy (non-hydrogen) atoms. The smallest absolute Gasteiger partial charge is 0.148 e. The van der Waals surface area contributed by atoms with Crippen LogP contribution in [0, 0.1) is 5.82 Å². The van der Waals surface area contributed by atoms with Crippen molar-refractivity contribution < 1.29 is 14.2 Å². The van der Waals surface area contributed by atoms with E-state index < -0.39 is 6.10 Å². The SMILES string of the molecule is NC[C@@H](O)CNc1ccc(N2CCOCC2)c(F)c1. The van der Waals surface area contributed by atoms with Gasteiger partial charge in [-0.3, -0.25) is 0 Å². The first-order valence-electron chi connectivity index (χ1n) is 6.45. The van der Waals surface area contributed by atoms with Gasteiger partial charge in [-0.1, -0.05) is 0 Å². The molecule has 0 aromatic heterocycles. The van der Waals surface area contributed by atoms with Crippen molar-refractivity contribution in [3.63, 3.8) is 0 Å². The van der Waals surface area contributed by atoms with E-state index in [1.807, 2.05) is 4.90 Å². The van der Waals surface area contributed by atoms with Crippen molar-refractivity contribution in [3.8, 4) is 0 Å². The summed E-state index contributed by atoms with van der Waals surface area (Å²) in [4.78, 5) is 1.97. The van der Waals surface area contributed by atoms with Crippen molar-refractivity contribution in [3.05, 3.63) is 24.0 Å². The van der Waals surface area contributed by atoms with Crippen LogP contribution in [0.2, 0.25) is 0 Å². The predicted molar refractivity (Wildman–Crippen MR) is 73.0 cm³/mol. The lowest BCUT2D eigenvalue weighted by molar-refractivity contribution is 0.122. The van der Waals surface area contributed by atoms with E-state index in [4.69, 9.17) is 10.5 Å². The summed E-state index contributed by atoms with van der Waals surface area (Å²) < 4.78 is 19.3. The lowest BCUT2D eigenvalue weighted by atomic mass is 10.2. The number of nitrogens with two attached hydrogens (primary N) is 1. The lowest BCUT2D eigenvalue weighted by Crippen LogP contribution is -2.36. The molecule has 106 valence electrons. The van der Waals surface area contributed by atoms with Crippen LogP contribution in [0.5, 0.6) is 0 Å². The summed E-state index contributed by atoms with van der Waals surface area (Å²) in [7, 11) is 0. The van der Waals surface area contributed by atoms with Crippen LogP contribution in [0.15, 0.2) is 18.2 Å². The van der Waals surface area contributed by atoms with E-state index in [1.165, 1.54) is 6.07 Å². The summed E-state index contributed by atoms with van der Waals surface area (Å²) in [6.45, 7) is 3.16. The minimum Gasteiger partial charge on any atom is -0.390 e. The number of benzene rings is 1. The molecule has 1 heterocycles. The second kappa shape index (κ2) is 6.70. The van der Waals surface area contributed by atoms with E-state index in [0.29, 0.717) is 44.2 Å². The minimum atomic E-state index is -0.623. The van der Waals surface area contributed by atoms with Gasteiger partial charge in [-0.15, -0.1) is 0 Å². The first kappa shape index (κ1) is 14.0. The number of morpholine rings is 1. The molecular formula is C13H20FN3O2. The number of hydrogen-bond acceptors (Lipinski definition) is 5. The molecular weight excluding hydrogens is 249 g/mol. The highest BCUT2D eigenvalue weighted by atomic mass is 19.1. The minimum absolute atomic E-state index is 0.182. The fourth-order valence-corrected chi connectivity index (χ4v) is 2.00. The molecule has 1 aliphatic rings. The highest BCUT2D eigenvalue weighted by Gasteiger charge is 2.15. The number of hydrogen-bond donors (Lipinski definition) is 3. The summed E-state index contributed by atoms with van der Waals surface area (Å²) >= 11 is 0. The maximum Gasteiger partial charge on any atom is 0.148 e. The Morgan fingerprint density at radius 1 is 1.42 bits per heavy atom. The number of aliphatic hydroxyl groups excluding tert-OH is 1.